The van der Waals surface area contributed by atoms with Crippen LogP contribution in [0.25, 0.3) is 11.1 Å². The van der Waals surface area contributed by atoms with Crippen LogP contribution in [0.4, 0.5) is 17.6 Å². The predicted molar refractivity (Wildman–Crippen MR) is 147 cm³/mol. The van der Waals surface area contributed by atoms with Gasteiger partial charge in [0.15, 0.2) is 0 Å². The Kier molecular flexibility index (Phi) is 6.37. The molecule has 0 spiro atoms. The van der Waals surface area contributed by atoms with Crippen molar-refractivity contribution in [3.8, 4) is 11.1 Å². The average Bonchev–Trinajstić information content (AvgIpc) is 2.90. The van der Waals surface area contributed by atoms with Crippen molar-refractivity contribution in [1.29, 1.82) is 0 Å². The second-order valence-corrected chi connectivity index (χ2v) is 10.7. The number of benzene rings is 1. The Morgan fingerprint density at radius 3 is 2.42 bits per heavy atom. The maximum absolute atomic E-state index is 12.5. The van der Waals surface area contributed by atoms with E-state index in [0.717, 1.165) is 61.9 Å². The first-order valence-corrected chi connectivity index (χ1v) is 13.2. The fourth-order valence-electron chi connectivity index (χ4n) is 5.49. The van der Waals surface area contributed by atoms with Gasteiger partial charge >= 0.3 is 0 Å². The summed E-state index contributed by atoms with van der Waals surface area (Å²) in [4.78, 5) is 34.6. The molecule has 0 radical (unpaired) electrons. The number of aliphatic hydroxyl groups is 1. The number of anilines is 3. The molecule has 38 heavy (non-hydrogen) atoms. The fraction of sp³-hybridized carbons (Fsp3) is 0.429. The monoisotopic (exact) mass is 514 g/mol. The summed E-state index contributed by atoms with van der Waals surface area (Å²) < 4.78 is 0. The average molecular weight is 515 g/mol. The molecule has 198 valence electrons. The molecule has 2 fully saturated rings. The molecule has 1 aromatic carbocycles. The minimum atomic E-state index is -0.423. The van der Waals surface area contributed by atoms with Crippen molar-refractivity contribution in [3.63, 3.8) is 0 Å². The number of hydrogen-bond acceptors (Lipinski definition) is 9. The first-order chi connectivity index (χ1) is 18.3. The molecule has 1 unspecified atom stereocenters. The molecule has 3 N–H and O–H groups in total. The minimum Gasteiger partial charge on any atom is -0.389 e. The number of nitrogens with two attached hydrogens (primary N) is 1. The second kappa shape index (κ2) is 9.85. The summed E-state index contributed by atoms with van der Waals surface area (Å²) in [5, 5.41) is 9.47. The maximum atomic E-state index is 12.5. The van der Waals surface area contributed by atoms with Gasteiger partial charge in [-0.25, -0.2) is 0 Å². The van der Waals surface area contributed by atoms with E-state index in [2.05, 4.69) is 67.9 Å². The number of fused-ring (bicyclic) bond motifs is 1. The third-order valence-corrected chi connectivity index (χ3v) is 7.90. The van der Waals surface area contributed by atoms with Gasteiger partial charge in [0.05, 0.1) is 6.10 Å². The first-order valence-electron chi connectivity index (χ1n) is 13.2. The van der Waals surface area contributed by atoms with Gasteiger partial charge < -0.3 is 30.4 Å². The van der Waals surface area contributed by atoms with Crippen LogP contribution in [0.15, 0.2) is 42.6 Å². The van der Waals surface area contributed by atoms with E-state index in [1.165, 1.54) is 11.1 Å². The van der Waals surface area contributed by atoms with E-state index in [0.29, 0.717) is 24.7 Å². The van der Waals surface area contributed by atoms with Crippen LogP contribution in [-0.4, -0.2) is 94.2 Å². The summed E-state index contributed by atoms with van der Waals surface area (Å²) in [7, 11) is 2.14. The molecule has 10 heteroatoms. The lowest BCUT2D eigenvalue weighted by Crippen LogP contribution is -2.53. The molecule has 2 aromatic heterocycles. The van der Waals surface area contributed by atoms with Gasteiger partial charge in [-0.15, -0.1) is 0 Å². The fourth-order valence-corrected chi connectivity index (χ4v) is 5.49. The number of likely N-dealkylation sites (N-methyl/N-ethyl adjacent to an activating group) is 1. The quantitative estimate of drug-likeness (QED) is 0.536. The molecule has 1 amide bonds. The van der Waals surface area contributed by atoms with Crippen molar-refractivity contribution in [2.45, 2.75) is 32.0 Å². The van der Waals surface area contributed by atoms with Gasteiger partial charge in [0.2, 0.25) is 5.95 Å². The number of nitrogen functional groups attached to an aromatic ring is 1. The van der Waals surface area contributed by atoms with E-state index >= 15 is 0 Å². The number of aliphatic hydroxyl groups excluding tert-OH is 1. The smallest absolute Gasteiger partial charge is 0.272 e. The highest BCUT2D eigenvalue weighted by molar-refractivity contribution is 5.93. The number of amides is 1. The number of β-amino-alcohol motifs (C(OH)–C–C–N with tert-alkyl or cyclic N) is 1. The number of carbonyl (C=O) groups is 1. The topological polar surface area (TPSA) is 115 Å². The number of hydrogen-bond donors (Lipinski definition) is 2. The highest BCUT2D eigenvalue weighted by Gasteiger charge is 2.30. The summed E-state index contributed by atoms with van der Waals surface area (Å²) in [5.74, 6) is 1.91. The highest BCUT2D eigenvalue weighted by Crippen LogP contribution is 2.32. The molecule has 3 aliphatic rings. The first kappa shape index (κ1) is 24.6. The Balaban J connectivity index is 1.22. The summed E-state index contributed by atoms with van der Waals surface area (Å²) in [6.07, 6.45) is 2.24. The summed E-state index contributed by atoms with van der Waals surface area (Å²) in [6.45, 7) is 7.54. The zero-order valence-electron chi connectivity index (χ0n) is 21.9. The Hall–Kier alpha value is -3.76. The van der Waals surface area contributed by atoms with Gasteiger partial charge in [0.1, 0.15) is 17.3 Å². The molecule has 2 saturated heterocycles. The van der Waals surface area contributed by atoms with Gasteiger partial charge in [0.25, 0.3) is 5.91 Å². The summed E-state index contributed by atoms with van der Waals surface area (Å²) in [6, 6.07) is 12.6. The lowest BCUT2D eigenvalue weighted by molar-refractivity contribution is 0.00551. The molecule has 0 bridgehead atoms. The van der Waals surface area contributed by atoms with E-state index in [4.69, 9.17) is 5.73 Å². The van der Waals surface area contributed by atoms with Crippen LogP contribution < -0.4 is 15.5 Å². The molecule has 5 heterocycles. The second-order valence-electron chi connectivity index (χ2n) is 10.7. The normalized spacial score (nSPS) is 20.3. The van der Waals surface area contributed by atoms with Crippen LogP contribution in [0.3, 0.4) is 0 Å². The van der Waals surface area contributed by atoms with Crippen LogP contribution in [0.2, 0.25) is 0 Å². The third-order valence-electron chi connectivity index (χ3n) is 7.90. The Labute approximate surface area is 222 Å². The lowest BCUT2D eigenvalue weighted by atomic mass is 9.91. The lowest BCUT2D eigenvalue weighted by Gasteiger charge is -2.37. The van der Waals surface area contributed by atoms with Gasteiger partial charge in [-0.3, -0.25) is 9.78 Å². The van der Waals surface area contributed by atoms with Crippen molar-refractivity contribution in [1.82, 2.24) is 24.8 Å². The van der Waals surface area contributed by atoms with E-state index < -0.39 is 6.10 Å². The number of aromatic nitrogens is 3. The Morgan fingerprint density at radius 1 is 0.974 bits per heavy atom. The molecule has 0 saturated carbocycles. The van der Waals surface area contributed by atoms with Crippen LogP contribution in [0.5, 0.6) is 0 Å². The standard InChI is InChI=1S/C28H34N8O2/c1-18-11-19-3-4-20(21-5-6-24(30-14-21)27(38)35-16-23(37)17-35)12-22(19)15-36(18)26-13-25(31-28(29)32-26)34-9-7-33(2)8-10-34/h3-6,12-14,18,23,37H,7-11,15-17H2,1-2H3,(H2,29,31,32). The Morgan fingerprint density at radius 2 is 1.71 bits per heavy atom. The SMILES string of the molecule is CC1Cc2ccc(-c3ccc(C(=O)N4CC(O)C4)nc3)cc2CN1c1cc(N2CCN(C)CC2)nc(N)n1. The van der Waals surface area contributed by atoms with Gasteiger partial charge in [0, 0.05) is 69.7 Å². The molecule has 10 nitrogen and oxygen atoms in total. The van der Waals surface area contributed by atoms with E-state index in [-0.39, 0.29) is 11.9 Å². The maximum Gasteiger partial charge on any atom is 0.272 e. The van der Waals surface area contributed by atoms with E-state index in [9.17, 15) is 9.90 Å². The minimum absolute atomic E-state index is 0.142. The zero-order chi connectivity index (χ0) is 26.4. The van der Waals surface area contributed by atoms with E-state index in [1.54, 1.807) is 17.2 Å². The van der Waals surface area contributed by atoms with Gasteiger partial charge in [-0.05, 0) is 49.2 Å². The molecular formula is C28H34N8O2. The molecule has 0 aliphatic carbocycles. The summed E-state index contributed by atoms with van der Waals surface area (Å²) >= 11 is 0. The molecular weight excluding hydrogens is 480 g/mol. The van der Waals surface area contributed by atoms with Crippen molar-refractivity contribution in [2.75, 3.05) is 61.8 Å². The van der Waals surface area contributed by atoms with Crippen molar-refractivity contribution in [3.05, 3.63) is 59.4 Å². The number of piperazine rings is 1. The number of nitrogens with zero attached hydrogens (tertiary/aromatic N) is 7. The summed E-state index contributed by atoms with van der Waals surface area (Å²) in [5.41, 5.74) is 11.2. The Bertz CT molecular complexity index is 1330. The van der Waals surface area contributed by atoms with Crippen LogP contribution in [-0.2, 0) is 13.0 Å². The number of carbonyl (C=O) groups excluding carboxylic acids is 1. The van der Waals surface area contributed by atoms with Gasteiger partial charge in [-0.1, -0.05) is 18.2 Å². The van der Waals surface area contributed by atoms with Crippen molar-refractivity contribution >= 4 is 23.5 Å². The van der Waals surface area contributed by atoms with E-state index in [1.807, 2.05) is 6.07 Å². The van der Waals surface area contributed by atoms with Crippen molar-refractivity contribution in [2.24, 2.45) is 0 Å². The molecule has 1 atom stereocenters. The van der Waals surface area contributed by atoms with Crippen LogP contribution >= 0.6 is 0 Å². The largest absolute Gasteiger partial charge is 0.389 e. The highest BCUT2D eigenvalue weighted by atomic mass is 16.3. The number of rotatable bonds is 4. The van der Waals surface area contributed by atoms with Crippen molar-refractivity contribution < 1.29 is 9.90 Å². The predicted octanol–water partition coefficient (Wildman–Crippen LogP) is 1.64. The number of likely N-dealkylation sites (tertiary alicyclic amines) is 1. The zero-order valence-corrected chi connectivity index (χ0v) is 21.9. The third kappa shape index (κ3) is 4.77. The van der Waals surface area contributed by atoms with Crippen LogP contribution in [0, 0.1) is 0 Å². The van der Waals surface area contributed by atoms with Crippen LogP contribution in [0.1, 0.15) is 28.5 Å². The van der Waals surface area contributed by atoms with Gasteiger partial charge in [-0.2, -0.15) is 9.97 Å². The molecule has 6 rings (SSSR count). The molecule has 3 aliphatic heterocycles. The number of pyridine rings is 1. The molecule has 3 aromatic rings.